The van der Waals surface area contributed by atoms with Crippen LogP contribution in [0.5, 0.6) is 5.75 Å². The van der Waals surface area contributed by atoms with Crippen LogP contribution in [-0.2, 0) is 14.5 Å². The normalized spacial score (nSPS) is 13.4. The third-order valence-corrected chi connectivity index (χ3v) is 6.41. The predicted molar refractivity (Wildman–Crippen MR) is 123 cm³/mol. The monoisotopic (exact) mass is 459 g/mol. The van der Waals surface area contributed by atoms with Crippen LogP contribution in [0.25, 0.3) is 0 Å². The molecule has 1 heterocycles. The number of carbonyl (C=O) groups is 1. The van der Waals surface area contributed by atoms with Crippen molar-refractivity contribution in [1.82, 2.24) is 5.32 Å². The zero-order chi connectivity index (χ0) is 22.3. The highest BCUT2D eigenvalue weighted by Gasteiger charge is 2.16. The SMILES string of the molecule is COc1cccc(NS(=O)(=O)c2ccc(NC(=O)NCC3=CC=COP=C3)cc2)c1C. The van der Waals surface area contributed by atoms with E-state index in [0.29, 0.717) is 37.7 Å². The Morgan fingerprint density at radius 3 is 2.68 bits per heavy atom. The Morgan fingerprint density at radius 1 is 1.16 bits per heavy atom. The van der Waals surface area contributed by atoms with Gasteiger partial charge in [0.25, 0.3) is 10.0 Å². The molecule has 3 rings (SSSR count). The molecule has 1 aliphatic heterocycles. The van der Waals surface area contributed by atoms with Crippen molar-refractivity contribution in [3.63, 3.8) is 0 Å². The first kappa shape index (κ1) is 22.4. The second-order valence-electron chi connectivity index (χ2n) is 6.48. The number of ether oxygens (including phenoxy) is 1. The highest BCUT2D eigenvalue weighted by Crippen LogP contribution is 2.27. The molecule has 0 bridgehead atoms. The summed E-state index contributed by atoms with van der Waals surface area (Å²) in [6.07, 6.45) is 5.17. The Bertz CT molecular complexity index is 1140. The van der Waals surface area contributed by atoms with Gasteiger partial charge >= 0.3 is 6.03 Å². The summed E-state index contributed by atoms with van der Waals surface area (Å²) in [4.78, 5) is 12.2. The Morgan fingerprint density at radius 2 is 1.94 bits per heavy atom. The Hall–Kier alpha value is -3.29. The molecule has 0 fully saturated rings. The summed E-state index contributed by atoms with van der Waals surface area (Å²) in [5, 5.41) is 5.41. The number of rotatable bonds is 7. The molecule has 0 atom stereocenters. The molecule has 3 N–H and O–H groups in total. The summed E-state index contributed by atoms with van der Waals surface area (Å²) >= 11 is 0. The zero-order valence-electron chi connectivity index (χ0n) is 17.0. The minimum absolute atomic E-state index is 0.0738. The Labute approximate surface area is 182 Å². The lowest BCUT2D eigenvalue weighted by atomic mass is 10.2. The molecule has 0 radical (unpaired) electrons. The number of carbonyl (C=O) groups excluding carboxylic acids is 1. The summed E-state index contributed by atoms with van der Waals surface area (Å²) in [6.45, 7) is 2.11. The molecule has 8 nitrogen and oxygen atoms in total. The number of hydrogen-bond acceptors (Lipinski definition) is 5. The van der Waals surface area contributed by atoms with E-state index >= 15 is 0 Å². The van der Waals surface area contributed by atoms with Crippen molar-refractivity contribution in [2.45, 2.75) is 11.8 Å². The number of sulfonamides is 1. The second-order valence-corrected chi connectivity index (χ2v) is 8.84. The fraction of sp³-hybridized carbons (Fsp3) is 0.143. The summed E-state index contributed by atoms with van der Waals surface area (Å²) < 4.78 is 38.3. The average Bonchev–Trinajstić information content (AvgIpc) is 3.03. The van der Waals surface area contributed by atoms with Crippen LogP contribution in [0.3, 0.4) is 0 Å². The number of anilines is 2. The number of hydrogen-bond donors (Lipinski definition) is 3. The quantitative estimate of drug-likeness (QED) is 0.542. The summed E-state index contributed by atoms with van der Waals surface area (Å²) in [6, 6.07) is 10.6. The smallest absolute Gasteiger partial charge is 0.319 e. The maximum atomic E-state index is 12.7. The van der Waals surface area contributed by atoms with Crippen LogP contribution in [-0.4, -0.2) is 33.9 Å². The molecule has 31 heavy (non-hydrogen) atoms. The van der Waals surface area contributed by atoms with Crippen LogP contribution in [0, 0.1) is 6.92 Å². The molecule has 10 heteroatoms. The van der Waals surface area contributed by atoms with E-state index in [1.54, 1.807) is 37.5 Å². The number of methoxy groups -OCH3 is 1. The fourth-order valence-electron chi connectivity index (χ4n) is 2.70. The Kier molecular flexibility index (Phi) is 7.33. The number of amides is 2. The average molecular weight is 459 g/mol. The van der Waals surface area contributed by atoms with Crippen LogP contribution in [0.1, 0.15) is 5.56 Å². The molecular weight excluding hydrogens is 437 g/mol. The van der Waals surface area contributed by atoms with E-state index in [1.807, 2.05) is 11.9 Å². The molecule has 0 saturated carbocycles. The van der Waals surface area contributed by atoms with Crippen molar-refractivity contribution in [3.8, 4) is 5.75 Å². The van der Waals surface area contributed by atoms with Gasteiger partial charge in [-0.1, -0.05) is 12.1 Å². The molecule has 0 aliphatic carbocycles. The zero-order valence-corrected chi connectivity index (χ0v) is 18.7. The Balaban J connectivity index is 1.62. The molecule has 2 aromatic carbocycles. The van der Waals surface area contributed by atoms with Crippen molar-refractivity contribution in [1.29, 1.82) is 0 Å². The van der Waals surface area contributed by atoms with E-state index in [2.05, 4.69) is 15.4 Å². The molecule has 2 aromatic rings. The first-order chi connectivity index (χ1) is 14.9. The lowest BCUT2D eigenvalue weighted by Gasteiger charge is -2.13. The van der Waals surface area contributed by atoms with E-state index in [1.165, 1.54) is 31.4 Å². The van der Waals surface area contributed by atoms with Crippen LogP contribution in [0.2, 0.25) is 0 Å². The fourth-order valence-corrected chi connectivity index (χ4v) is 4.34. The minimum atomic E-state index is -3.80. The van der Waals surface area contributed by atoms with Gasteiger partial charge in [0.05, 0.1) is 24.0 Å². The maximum Gasteiger partial charge on any atom is 0.319 e. The molecular formula is C21H22N3O5PS. The van der Waals surface area contributed by atoms with Crippen LogP contribution in [0.15, 0.2) is 71.3 Å². The minimum Gasteiger partial charge on any atom is -0.496 e. The topological polar surface area (TPSA) is 106 Å². The number of allylic oxidation sites excluding steroid dienone is 2. The lowest BCUT2D eigenvalue weighted by molar-refractivity contribution is 0.253. The van der Waals surface area contributed by atoms with Gasteiger partial charge in [-0.25, -0.2) is 13.2 Å². The maximum absolute atomic E-state index is 12.7. The number of benzene rings is 2. The molecule has 1 aliphatic rings. The van der Waals surface area contributed by atoms with Crippen LogP contribution < -0.4 is 20.1 Å². The van der Waals surface area contributed by atoms with Crippen LogP contribution >= 0.6 is 8.43 Å². The van der Waals surface area contributed by atoms with Gasteiger partial charge in [0.15, 0.2) is 0 Å². The van der Waals surface area contributed by atoms with E-state index in [0.717, 1.165) is 5.57 Å². The van der Waals surface area contributed by atoms with Crippen molar-refractivity contribution in [2.75, 3.05) is 23.7 Å². The third-order valence-electron chi connectivity index (χ3n) is 4.35. The molecule has 0 spiro atoms. The van der Waals surface area contributed by atoms with Crippen molar-refractivity contribution in [3.05, 3.63) is 72.0 Å². The standard InChI is InChI=1S/C21H22N3O5PS/c1-15-19(6-3-7-20(15)28-2)24-31(26,27)18-10-8-17(9-11-18)23-21(25)22-13-16-5-4-12-29-30-14-16/h3-12,14,24H,13H2,1-2H3,(H2,22,23,25). The molecule has 162 valence electrons. The largest absolute Gasteiger partial charge is 0.496 e. The van der Waals surface area contributed by atoms with Gasteiger partial charge in [-0.3, -0.25) is 4.72 Å². The highest BCUT2D eigenvalue weighted by atomic mass is 32.2. The third kappa shape index (κ3) is 6.10. The van der Waals surface area contributed by atoms with Gasteiger partial charge in [-0.2, -0.15) is 0 Å². The first-order valence-corrected chi connectivity index (χ1v) is 11.6. The second kappa shape index (κ2) is 10.1. The van der Waals surface area contributed by atoms with Crippen molar-refractivity contribution < 1.29 is 22.5 Å². The van der Waals surface area contributed by atoms with E-state index < -0.39 is 16.1 Å². The highest BCUT2D eigenvalue weighted by molar-refractivity contribution is 7.92. The predicted octanol–water partition coefficient (Wildman–Crippen LogP) is 4.06. The van der Waals surface area contributed by atoms with Crippen molar-refractivity contribution in [2.24, 2.45) is 0 Å². The number of urea groups is 1. The molecule has 0 aromatic heterocycles. The van der Waals surface area contributed by atoms with Gasteiger partial charge < -0.3 is 19.9 Å². The van der Waals surface area contributed by atoms with Crippen molar-refractivity contribution >= 4 is 41.7 Å². The first-order valence-electron chi connectivity index (χ1n) is 9.25. The van der Waals surface area contributed by atoms with E-state index in [-0.39, 0.29) is 4.90 Å². The number of nitrogens with one attached hydrogen (secondary N) is 3. The van der Waals surface area contributed by atoms with Gasteiger partial charge in [-0.05, 0) is 55.0 Å². The summed E-state index contributed by atoms with van der Waals surface area (Å²) in [5.74, 6) is 2.43. The van der Waals surface area contributed by atoms with E-state index in [4.69, 9.17) is 9.26 Å². The van der Waals surface area contributed by atoms with Gasteiger partial charge in [0, 0.05) is 23.6 Å². The molecule has 0 unspecified atom stereocenters. The molecule has 0 saturated heterocycles. The lowest BCUT2D eigenvalue weighted by Crippen LogP contribution is -2.30. The van der Waals surface area contributed by atoms with Crippen LogP contribution in [0.4, 0.5) is 16.2 Å². The van der Waals surface area contributed by atoms with E-state index in [9.17, 15) is 13.2 Å². The van der Waals surface area contributed by atoms with Gasteiger partial charge in [0.1, 0.15) is 14.2 Å². The summed E-state index contributed by atoms with van der Waals surface area (Å²) in [5.41, 5.74) is 2.50. The molecule has 2 amide bonds. The summed E-state index contributed by atoms with van der Waals surface area (Å²) in [7, 11) is -1.58. The van der Waals surface area contributed by atoms with Gasteiger partial charge in [0.2, 0.25) is 0 Å². The van der Waals surface area contributed by atoms with Gasteiger partial charge in [-0.15, -0.1) is 0 Å².